The third-order valence-electron chi connectivity index (χ3n) is 5.67. The zero-order chi connectivity index (χ0) is 22.4. The van der Waals surface area contributed by atoms with Gasteiger partial charge in [0.1, 0.15) is 0 Å². The second-order valence-corrected chi connectivity index (χ2v) is 9.81. The van der Waals surface area contributed by atoms with Crippen molar-refractivity contribution < 1.29 is 22.7 Å². The van der Waals surface area contributed by atoms with E-state index in [1.54, 1.807) is 6.07 Å². The number of amides is 1. The lowest BCUT2D eigenvalue weighted by atomic mass is 10.1. The number of hydrogen-bond acceptors (Lipinski definition) is 6. The van der Waals surface area contributed by atoms with Gasteiger partial charge in [-0.3, -0.25) is 4.79 Å². The van der Waals surface area contributed by atoms with Crippen LogP contribution in [0, 0.1) is 5.92 Å². The molecule has 0 bridgehead atoms. The fourth-order valence-electron chi connectivity index (χ4n) is 3.91. The molecule has 2 N–H and O–H groups in total. The summed E-state index contributed by atoms with van der Waals surface area (Å²) < 4.78 is 38.7. The number of rotatable bonds is 8. The Morgan fingerprint density at radius 1 is 1.06 bits per heavy atom. The molecule has 0 unspecified atom stereocenters. The van der Waals surface area contributed by atoms with Crippen LogP contribution in [0.15, 0.2) is 53.4 Å². The standard InChI is InChI=1S/C23H29N3O5S/c27-23(24-16-18-10-12-26(17-18)19-5-2-1-3-6-19)9-11-25-32(28,29)20-7-8-21-22(15-20)31-14-4-13-30-21/h1-3,5-8,15,18,25H,4,9-14,16-17H2,(H,24,27)/t18-/m1/s1. The van der Waals surface area contributed by atoms with Crippen LogP contribution in [0.5, 0.6) is 11.5 Å². The lowest BCUT2D eigenvalue weighted by molar-refractivity contribution is -0.121. The third kappa shape index (κ3) is 5.72. The maximum absolute atomic E-state index is 12.6. The smallest absolute Gasteiger partial charge is 0.240 e. The normalized spacial score (nSPS) is 18.2. The van der Waals surface area contributed by atoms with Crippen molar-refractivity contribution in [3.8, 4) is 11.5 Å². The van der Waals surface area contributed by atoms with E-state index in [9.17, 15) is 13.2 Å². The predicted octanol–water partition coefficient (Wildman–Crippen LogP) is 2.16. The molecule has 9 heteroatoms. The second-order valence-electron chi connectivity index (χ2n) is 8.05. The molecule has 172 valence electrons. The topological polar surface area (TPSA) is 97.0 Å². The van der Waals surface area contributed by atoms with Crippen molar-refractivity contribution in [1.82, 2.24) is 10.0 Å². The minimum absolute atomic E-state index is 0.0312. The van der Waals surface area contributed by atoms with E-state index in [2.05, 4.69) is 27.1 Å². The van der Waals surface area contributed by atoms with Gasteiger partial charge in [0.2, 0.25) is 15.9 Å². The van der Waals surface area contributed by atoms with Gasteiger partial charge in [-0.05, 0) is 36.6 Å². The van der Waals surface area contributed by atoms with Crippen LogP contribution in [-0.2, 0) is 14.8 Å². The molecule has 0 spiro atoms. The molecule has 2 aromatic carbocycles. The molecular weight excluding hydrogens is 430 g/mol. The number of carbonyl (C=O) groups is 1. The number of sulfonamides is 1. The minimum atomic E-state index is -3.74. The van der Waals surface area contributed by atoms with Gasteiger partial charge in [-0.2, -0.15) is 0 Å². The number of carbonyl (C=O) groups excluding carboxylic acids is 1. The minimum Gasteiger partial charge on any atom is -0.490 e. The zero-order valence-electron chi connectivity index (χ0n) is 18.0. The van der Waals surface area contributed by atoms with Gasteiger partial charge < -0.3 is 19.7 Å². The Labute approximate surface area is 189 Å². The van der Waals surface area contributed by atoms with Crippen LogP contribution in [0.25, 0.3) is 0 Å². The number of benzene rings is 2. The molecule has 2 aliphatic heterocycles. The number of ether oxygens (including phenoxy) is 2. The van der Waals surface area contributed by atoms with E-state index >= 15 is 0 Å². The average Bonchev–Trinajstić information content (AvgIpc) is 3.15. The van der Waals surface area contributed by atoms with Crippen LogP contribution in [0.3, 0.4) is 0 Å². The Morgan fingerprint density at radius 2 is 1.84 bits per heavy atom. The van der Waals surface area contributed by atoms with Crippen molar-refractivity contribution in [3.05, 3.63) is 48.5 Å². The Morgan fingerprint density at radius 3 is 2.66 bits per heavy atom. The number of para-hydroxylation sites is 1. The maximum Gasteiger partial charge on any atom is 0.240 e. The number of anilines is 1. The van der Waals surface area contributed by atoms with Gasteiger partial charge in [-0.1, -0.05) is 18.2 Å². The first kappa shape index (κ1) is 22.4. The van der Waals surface area contributed by atoms with Crippen molar-refractivity contribution in [3.63, 3.8) is 0 Å². The van der Waals surface area contributed by atoms with Gasteiger partial charge in [-0.15, -0.1) is 0 Å². The molecule has 0 aliphatic carbocycles. The molecule has 1 fully saturated rings. The molecule has 0 saturated carbocycles. The van der Waals surface area contributed by atoms with E-state index in [0.717, 1.165) is 25.9 Å². The molecule has 2 aromatic rings. The first-order chi connectivity index (χ1) is 15.5. The molecule has 1 saturated heterocycles. The highest BCUT2D eigenvalue weighted by Gasteiger charge is 2.23. The second kappa shape index (κ2) is 10.2. The van der Waals surface area contributed by atoms with Crippen molar-refractivity contribution in [2.24, 2.45) is 5.92 Å². The summed E-state index contributed by atoms with van der Waals surface area (Å²) in [7, 11) is -3.74. The summed E-state index contributed by atoms with van der Waals surface area (Å²) in [6, 6.07) is 14.8. The number of nitrogens with zero attached hydrogens (tertiary/aromatic N) is 1. The largest absolute Gasteiger partial charge is 0.490 e. The van der Waals surface area contributed by atoms with E-state index in [0.29, 0.717) is 37.2 Å². The molecule has 2 aliphatic rings. The van der Waals surface area contributed by atoms with E-state index in [4.69, 9.17) is 9.47 Å². The fraction of sp³-hybridized carbons (Fsp3) is 0.435. The summed E-state index contributed by atoms with van der Waals surface area (Å²) in [6.45, 7) is 3.52. The molecule has 32 heavy (non-hydrogen) atoms. The third-order valence-corrected chi connectivity index (χ3v) is 7.13. The highest BCUT2D eigenvalue weighted by Crippen LogP contribution is 2.31. The van der Waals surface area contributed by atoms with Crippen molar-refractivity contribution in [2.75, 3.05) is 44.3 Å². The first-order valence-corrected chi connectivity index (χ1v) is 12.5. The lowest BCUT2D eigenvalue weighted by Crippen LogP contribution is -2.34. The van der Waals surface area contributed by atoms with Gasteiger partial charge >= 0.3 is 0 Å². The summed E-state index contributed by atoms with van der Waals surface area (Å²) in [4.78, 5) is 14.6. The molecule has 1 atom stereocenters. The van der Waals surface area contributed by atoms with Crippen LogP contribution < -0.4 is 24.4 Å². The number of fused-ring (bicyclic) bond motifs is 1. The molecule has 0 aromatic heterocycles. The van der Waals surface area contributed by atoms with Crippen LogP contribution >= 0.6 is 0 Å². The molecule has 2 heterocycles. The molecule has 4 rings (SSSR count). The Bertz CT molecular complexity index is 1030. The van der Waals surface area contributed by atoms with Crippen LogP contribution in [-0.4, -0.2) is 53.7 Å². The van der Waals surface area contributed by atoms with Crippen molar-refractivity contribution >= 4 is 21.6 Å². The number of hydrogen-bond donors (Lipinski definition) is 2. The summed E-state index contributed by atoms with van der Waals surface area (Å²) >= 11 is 0. The summed E-state index contributed by atoms with van der Waals surface area (Å²) in [5, 5.41) is 2.93. The maximum atomic E-state index is 12.6. The SMILES string of the molecule is O=C(CCNS(=O)(=O)c1ccc2c(c1)OCCCO2)NC[C@H]1CCN(c2ccccc2)C1. The van der Waals surface area contributed by atoms with Crippen LogP contribution in [0.1, 0.15) is 19.3 Å². The monoisotopic (exact) mass is 459 g/mol. The highest BCUT2D eigenvalue weighted by molar-refractivity contribution is 7.89. The average molecular weight is 460 g/mol. The Hall–Kier alpha value is -2.78. The molecular formula is C23H29N3O5S. The van der Waals surface area contributed by atoms with Gasteiger partial charge in [0.05, 0.1) is 18.1 Å². The van der Waals surface area contributed by atoms with Gasteiger partial charge in [0.15, 0.2) is 11.5 Å². The quantitative estimate of drug-likeness (QED) is 0.628. The highest BCUT2D eigenvalue weighted by atomic mass is 32.2. The van der Waals surface area contributed by atoms with Gasteiger partial charge in [-0.25, -0.2) is 13.1 Å². The molecule has 0 radical (unpaired) electrons. The van der Waals surface area contributed by atoms with Crippen LogP contribution in [0.4, 0.5) is 5.69 Å². The Balaban J connectivity index is 1.20. The van der Waals surface area contributed by atoms with E-state index in [1.165, 1.54) is 17.8 Å². The molecule has 8 nitrogen and oxygen atoms in total. The number of nitrogens with one attached hydrogen (secondary N) is 2. The van der Waals surface area contributed by atoms with Gasteiger partial charge in [0.25, 0.3) is 0 Å². The van der Waals surface area contributed by atoms with E-state index in [-0.39, 0.29) is 23.8 Å². The van der Waals surface area contributed by atoms with Crippen LogP contribution in [0.2, 0.25) is 0 Å². The first-order valence-electron chi connectivity index (χ1n) is 11.0. The van der Waals surface area contributed by atoms with Gasteiger partial charge in [0, 0.05) is 50.8 Å². The van der Waals surface area contributed by atoms with Crippen molar-refractivity contribution in [2.45, 2.75) is 24.2 Å². The summed E-state index contributed by atoms with van der Waals surface area (Å²) in [5.74, 6) is 1.19. The Kier molecular flexibility index (Phi) is 7.16. The van der Waals surface area contributed by atoms with Crippen molar-refractivity contribution in [1.29, 1.82) is 0 Å². The fourth-order valence-corrected chi connectivity index (χ4v) is 4.96. The zero-order valence-corrected chi connectivity index (χ0v) is 18.8. The molecule has 1 amide bonds. The predicted molar refractivity (Wildman–Crippen MR) is 122 cm³/mol. The van der Waals surface area contributed by atoms with E-state index in [1.807, 2.05) is 18.2 Å². The van der Waals surface area contributed by atoms with E-state index < -0.39 is 10.0 Å². The summed E-state index contributed by atoms with van der Waals surface area (Å²) in [6.07, 6.45) is 1.85. The summed E-state index contributed by atoms with van der Waals surface area (Å²) in [5.41, 5.74) is 1.20. The lowest BCUT2D eigenvalue weighted by Gasteiger charge is -2.18.